The summed E-state index contributed by atoms with van der Waals surface area (Å²) in [6, 6.07) is 2.35. The number of carbonyl (C=O) groups is 2. The number of nitrogens with zero attached hydrogens (tertiary/aromatic N) is 1. The van der Waals surface area contributed by atoms with E-state index < -0.39 is 16.9 Å². The van der Waals surface area contributed by atoms with Crippen molar-refractivity contribution in [3.05, 3.63) is 33.4 Å². The summed E-state index contributed by atoms with van der Waals surface area (Å²) in [6.45, 7) is 2.56. The number of hydrogen-bond donors (Lipinski definition) is 0. The first kappa shape index (κ1) is 13.6. The number of benzene rings is 1. The molecule has 0 aliphatic rings. The fourth-order valence-electron chi connectivity index (χ4n) is 1.42. The fraction of sp³-hybridized carbons (Fsp3) is 0.273. The topological polar surface area (TPSA) is 95.7 Å². The maximum atomic E-state index is 11.4. The number of nitro benzene ring substituents is 1. The van der Waals surface area contributed by atoms with Gasteiger partial charge in [-0.05, 0) is 13.0 Å². The molecule has 0 saturated carbocycles. The first-order chi connectivity index (χ1) is 8.38. The SMILES string of the molecule is COC(=O)c1ccc([N+](=O)[O-])c(OC(C)=O)c1C. The second-order valence-corrected chi connectivity index (χ2v) is 3.43. The van der Waals surface area contributed by atoms with Crippen LogP contribution >= 0.6 is 0 Å². The Morgan fingerprint density at radius 2 is 1.94 bits per heavy atom. The molecule has 0 N–H and O–H groups in total. The van der Waals surface area contributed by atoms with Gasteiger partial charge in [-0.3, -0.25) is 14.9 Å². The number of nitro groups is 1. The third kappa shape index (κ3) is 2.62. The first-order valence-electron chi connectivity index (χ1n) is 4.93. The van der Waals surface area contributed by atoms with Crippen LogP contribution in [0.3, 0.4) is 0 Å². The van der Waals surface area contributed by atoms with E-state index in [1.54, 1.807) is 0 Å². The highest BCUT2D eigenvalue weighted by Crippen LogP contribution is 2.33. The number of esters is 2. The Kier molecular flexibility index (Phi) is 3.98. The molecule has 7 heteroatoms. The Bertz CT molecular complexity index is 523. The van der Waals surface area contributed by atoms with E-state index in [-0.39, 0.29) is 22.6 Å². The summed E-state index contributed by atoms with van der Waals surface area (Å²) >= 11 is 0. The van der Waals surface area contributed by atoms with Crippen molar-refractivity contribution in [2.45, 2.75) is 13.8 Å². The standard InChI is InChI=1S/C11H11NO6/c1-6-8(11(14)17-3)4-5-9(12(15)16)10(6)18-7(2)13/h4-5H,1-3H3. The number of carbonyl (C=O) groups excluding carboxylic acids is 2. The van der Waals surface area contributed by atoms with Gasteiger partial charge in [-0.25, -0.2) is 4.79 Å². The molecule has 0 aliphatic carbocycles. The van der Waals surface area contributed by atoms with Crippen molar-refractivity contribution in [1.82, 2.24) is 0 Å². The fourth-order valence-corrected chi connectivity index (χ4v) is 1.42. The van der Waals surface area contributed by atoms with Gasteiger partial charge in [-0.2, -0.15) is 0 Å². The van der Waals surface area contributed by atoms with Gasteiger partial charge in [0.2, 0.25) is 5.75 Å². The molecule has 96 valence electrons. The Morgan fingerprint density at radius 1 is 1.33 bits per heavy atom. The number of ether oxygens (including phenoxy) is 2. The van der Waals surface area contributed by atoms with Crippen LogP contribution in [0.15, 0.2) is 12.1 Å². The molecule has 0 saturated heterocycles. The molecule has 1 aromatic rings. The van der Waals surface area contributed by atoms with Gasteiger partial charge in [-0.1, -0.05) is 0 Å². The number of methoxy groups -OCH3 is 1. The first-order valence-corrected chi connectivity index (χ1v) is 4.93. The van der Waals surface area contributed by atoms with Gasteiger partial charge >= 0.3 is 17.6 Å². The van der Waals surface area contributed by atoms with Crippen molar-refractivity contribution >= 4 is 17.6 Å². The van der Waals surface area contributed by atoms with E-state index in [0.717, 1.165) is 13.0 Å². The lowest BCUT2D eigenvalue weighted by atomic mass is 10.1. The van der Waals surface area contributed by atoms with Crippen LogP contribution < -0.4 is 4.74 Å². The van der Waals surface area contributed by atoms with Crippen molar-refractivity contribution in [3.8, 4) is 5.75 Å². The van der Waals surface area contributed by atoms with Gasteiger partial charge in [0.05, 0.1) is 17.6 Å². The van der Waals surface area contributed by atoms with Gasteiger partial charge in [0.25, 0.3) is 0 Å². The minimum absolute atomic E-state index is 0.111. The summed E-state index contributed by atoms with van der Waals surface area (Å²) < 4.78 is 9.31. The smallest absolute Gasteiger partial charge is 0.338 e. The van der Waals surface area contributed by atoms with Crippen LogP contribution in [0.1, 0.15) is 22.8 Å². The molecule has 0 spiro atoms. The highest BCUT2D eigenvalue weighted by atomic mass is 16.6. The predicted octanol–water partition coefficient (Wildman–Crippen LogP) is 1.62. The van der Waals surface area contributed by atoms with Gasteiger partial charge < -0.3 is 9.47 Å². The van der Waals surface area contributed by atoms with Crippen LogP contribution in [0.5, 0.6) is 5.75 Å². The third-order valence-electron chi connectivity index (χ3n) is 2.23. The molecule has 0 heterocycles. The van der Waals surface area contributed by atoms with Crippen molar-refractivity contribution in [2.24, 2.45) is 0 Å². The number of hydrogen-bond acceptors (Lipinski definition) is 6. The van der Waals surface area contributed by atoms with Crippen LogP contribution in [-0.2, 0) is 9.53 Å². The van der Waals surface area contributed by atoms with Gasteiger partial charge in [0, 0.05) is 18.6 Å². The normalized spacial score (nSPS) is 9.72. The van der Waals surface area contributed by atoms with Gasteiger partial charge in [0.15, 0.2) is 0 Å². The highest BCUT2D eigenvalue weighted by Gasteiger charge is 2.24. The molecule has 0 fully saturated rings. The second-order valence-electron chi connectivity index (χ2n) is 3.43. The summed E-state index contributed by atoms with van der Waals surface area (Å²) in [4.78, 5) is 32.5. The monoisotopic (exact) mass is 253 g/mol. The lowest BCUT2D eigenvalue weighted by molar-refractivity contribution is -0.385. The second kappa shape index (κ2) is 5.26. The molecule has 0 unspecified atom stereocenters. The molecule has 0 bridgehead atoms. The molecular formula is C11H11NO6. The molecule has 18 heavy (non-hydrogen) atoms. The Balaban J connectivity index is 3.44. The highest BCUT2D eigenvalue weighted by molar-refractivity contribution is 5.93. The van der Waals surface area contributed by atoms with E-state index in [0.29, 0.717) is 0 Å². The van der Waals surface area contributed by atoms with Crippen LogP contribution in [0.4, 0.5) is 5.69 Å². The maximum Gasteiger partial charge on any atom is 0.338 e. The van der Waals surface area contributed by atoms with Crippen LogP contribution in [0.2, 0.25) is 0 Å². The lowest BCUT2D eigenvalue weighted by Crippen LogP contribution is -2.10. The Hall–Kier alpha value is -2.44. The molecule has 0 amide bonds. The van der Waals surface area contributed by atoms with E-state index in [1.807, 2.05) is 0 Å². The van der Waals surface area contributed by atoms with E-state index in [1.165, 1.54) is 20.1 Å². The van der Waals surface area contributed by atoms with E-state index in [9.17, 15) is 19.7 Å². The molecule has 0 atom stereocenters. The van der Waals surface area contributed by atoms with Gasteiger partial charge in [-0.15, -0.1) is 0 Å². The number of rotatable bonds is 3. The average molecular weight is 253 g/mol. The van der Waals surface area contributed by atoms with E-state index in [4.69, 9.17) is 4.74 Å². The Labute approximate surface area is 102 Å². The summed E-state index contributed by atoms with van der Waals surface area (Å²) in [5.41, 5.74) is -0.0825. The summed E-state index contributed by atoms with van der Waals surface area (Å²) in [7, 11) is 1.19. The van der Waals surface area contributed by atoms with E-state index in [2.05, 4.69) is 4.74 Å². The van der Waals surface area contributed by atoms with Crippen molar-refractivity contribution < 1.29 is 24.0 Å². The molecule has 1 rings (SSSR count). The average Bonchev–Trinajstić information content (AvgIpc) is 2.29. The molecule has 7 nitrogen and oxygen atoms in total. The largest absolute Gasteiger partial charge is 0.465 e. The molecule has 0 aromatic heterocycles. The third-order valence-corrected chi connectivity index (χ3v) is 2.23. The van der Waals surface area contributed by atoms with E-state index >= 15 is 0 Å². The molecule has 1 aromatic carbocycles. The zero-order valence-corrected chi connectivity index (χ0v) is 10.1. The van der Waals surface area contributed by atoms with Crippen LogP contribution in [0, 0.1) is 17.0 Å². The van der Waals surface area contributed by atoms with Crippen molar-refractivity contribution in [1.29, 1.82) is 0 Å². The van der Waals surface area contributed by atoms with Gasteiger partial charge in [0.1, 0.15) is 0 Å². The summed E-state index contributed by atoms with van der Waals surface area (Å²) in [5.74, 6) is -1.60. The lowest BCUT2D eigenvalue weighted by Gasteiger charge is -2.09. The molecule has 0 radical (unpaired) electrons. The maximum absolute atomic E-state index is 11.4. The summed E-state index contributed by atoms with van der Waals surface area (Å²) in [6.07, 6.45) is 0. The van der Waals surface area contributed by atoms with Crippen LogP contribution in [-0.4, -0.2) is 24.0 Å². The zero-order valence-electron chi connectivity index (χ0n) is 10.1. The quantitative estimate of drug-likeness (QED) is 0.351. The minimum atomic E-state index is -0.705. The van der Waals surface area contributed by atoms with Crippen LogP contribution in [0.25, 0.3) is 0 Å². The molecule has 0 aliphatic heterocycles. The zero-order chi connectivity index (χ0) is 13.9. The molecular weight excluding hydrogens is 242 g/mol. The predicted molar refractivity (Wildman–Crippen MR) is 60.5 cm³/mol. The minimum Gasteiger partial charge on any atom is -0.465 e. The van der Waals surface area contributed by atoms with Crippen molar-refractivity contribution in [3.63, 3.8) is 0 Å². The Morgan fingerprint density at radius 3 is 2.39 bits per heavy atom. The van der Waals surface area contributed by atoms with Crippen molar-refractivity contribution in [2.75, 3.05) is 7.11 Å². The summed E-state index contributed by atoms with van der Waals surface area (Å²) in [5, 5.41) is 10.8.